The van der Waals surface area contributed by atoms with Crippen molar-refractivity contribution in [1.82, 2.24) is 10.2 Å². The van der Waals surface area contributed by atoms with Gasteiger partial charge in [-0.1, -0.05) is 30.3 Å². The van der Waals surface area contributed by atoms with Crippen molar-refractivity contribution in [1.29, 1.82) is 0 Å². The summed E-state index contributed by atoms with van der Waals surface area (Å²) in [6, 6.07) is 10.1. The largest absolute Gasteiger partial charge is 0.401 e. The Balaban J connectivity index is 2.16. The molecule has 1 aliphatic rings. The number of alkyl halides is 3. The van der Waals surface area contributed by atoms with Gasteiger partial charge in [-0.2, -0.15) is 13.2 Å². The van der Waals surface area contributed by atoms with Crippen molar-refractivity contribution in [3.8, 4) is 0 Å². The zero-order chi connectivity index (χ0) is 17.1. The molecular weight excluding hydrogens is 303 g/mol. The summed E-state index contributed by atoms with van der Waals surface area (Å²) in [6.07, 6.45) is -1.37. The molecule has 0 heterocycles. The summed E-state index contributed by atoms with van der Waals surface area (Å²) < 4.78 is 38.3. The number of rotatable bonds is 5. The van der Waals surface area contributed by atoms with Crippen LogP contribution in [0.4, 0.5) is 13.2 Å². The van der Waals surface area contributed by atoms with E-state index in [1.807, 2.05) is 25.2 Å². The molecule has 0 unspecified atom stereocenters. The van der Waals surface area contributed by atoms with Crippen LogP contribution >= 0.6 is 0 Å². The fourth-order valence-electron chi connectivity index (χ4n) is 3.76. The van der Waals surface area contributed by atoms with E-state index < -0.39 is 18.3 Å². The van der Waals surface area contributed by atoms with Crippen LogP contribution in [0.5, 0.6) is 0 Å². The van der Waals surface area contributed by atoms with Crippen molar-refractivity contribution in [2.45, 2.75) is 42.9 Å². The minimum absolute atomic E-state index is 0.182. The monoisotopic (exact) mass is 329 g/mol. The summed E-state index contributed by atoms with van der Waals surface area (Å²) in [5.74, 6) is 0. The smallest absolute Gasteiger partial charge is 0.329 e. The average molecular weight is 329 g/mol. The van der Waals surface area contributed by atoms with Gasteiger partial charge >= 0.3 is 6.18 Å². The van der Waals surface area contributed by atoms with Gasteiger partial charge < -0.3 is 11.1 Å². The second-order valence-electron chi connectivity index (χ2n) is 6.60. The van der Waals surface area contributed by atoms with Crippen molar-refractivity contribution in [2.75, 3.05) is 27.2 Å². The second kappa shape index (κ2) is 6.79. The van der Waals surface area contributed by atoms with Crippen LogP contribution in [0.3, 0.4) is 0 Å². The lowest BCUT2D eigenvalue weighted by Crippen LogP contribution is -2.59. The Hall–Kier alpha value is -1.11. The Labute approximate surface area is 136 Å². The summed E-state index contributed by atoms with van der Waals surface area (Å²) in [4.78, 5) is 1.40. The first-order chi connectivity index (χ1) is 10.8. The van der Waals surface area contributed by atoms with Crippen molar-refractivity contribution in [3.05, 3.63) is 35.9 Å². The van der Waals surface area contributed by atoms with Gasteiger partial charge in [-0.15, -0.1) is 0 Å². The molecule has 1 aliphatic carbocycles. The summed E-state index contributed by atoms with van der Waals surface area (Å²) in [5.41, 5.74) is 6.32. The molecule has 2 rings (SSSR count). The molecule has 1 saturated carbocycles. The van der Waals surface area contributed by atoms with Gasteiger partial charge in [0, 0.05) is 17.6 Å². The van der Waals surface area contributed by atoms with Gasteiger partial charge in [0.25, 0.3) is 0 Å². The average Bonchev–Trinajstić information content (AvgIpc) is 2.54. The Morgan fingerprint density at radius 1 is 1.13 bits per heavy atom. The van der Waals surface area contributed by atoms with Gasteiger partial charge in [-0.25, -0.2) is 0 Å². The molecule has 0 aliphatic heterocycles. The van der Waals surface area contributed by atoms with Gasteiger partial charge in [-0.3, -0.25) is 4.90 Å². The molecule has 0 saturated heterocycles. The van der Waals surface area contributed by atoms with E-state index >= 15 is 0 Å². The number of hydrogen-bond acceptors (Lipinski definition) is 3. The summed E-state index contributed by atoms with van der Waals surface area (Å²) in [5, 5.41) is 3.40. The number of likely N-dealkylation sites (N-methyl/N-ethyl adjacent to an activating group) is 1. The molecule has 3 N–H and O–H groups in total. The van der Waals surface area contributed by atoms with E-state index in [2.05, 4.69) is 17.4 Å². The predicted molar refractivity (Wildman–Crippen MR) is 86.1 cm³/mol. The van der Waals surface area contributed by atoms with Gasteiger partial charge in [0.15, 0.2) is 0 Å². The van der Waals surface area contributed by atoms with Gasteiger partial charge in [-0.05, 0) is 45.3 Å². The maximum atomic E-state index is 12.8. The SMILES string of the molecule is CNC1(c2ccccc2)CCC(CN)(N(C)CC(F)(F)F)CC1. The third kappa shape index (κ3) is 3.87. The molecule has 1 aromatic rings. The Morgan fingerprint density at radius 2 is 1.70 bits per heavy atom. The number of halogens is 3. The van der Waals surface area contributed by atoms with Crippen LogP contribution < -0.4 is 11.1 Å². The lowest BCUT2D eigenvalue weighted by molar-refractivity contribution is -0.158. The van der Waals surface area contributed by atoms with Crippen LogP contribution in [-0.2, 0) is 5.54 Å². The molecule has 130 valence electrons. The van der Waals surface area contributed by atoms with Crippen molar-refractivity contribution in [3.63, 3.8) is 0 Å². The van der Waals surface area contributed by atoms with E-state index in [1.165, 1.54) is 17.5 Å². The van der Waals surface area contributed by atoms with E-state index in [-0.39, 0.29) is 12.1 Å². The van der Waals surface area contributed by atoms with Crippen LogP contribution in [0.1, 0.15) is 31.2 Å². The third-order valence-electron chi connectivity index (χ3n) is 5.45. The molecule has 0 bridgehead atoms. The van der Waals surface area contributed by atoms with Gasteiger partial charge in [0.2, 0.25) is 0 Å². The number of benzene rings is 1. The topological polar surface area (TPSA) is 41.3 Å². The molecule has 1 aromatic carbocycles. The Morgan fingerprint density at radius 3 is 2.13 bits per heavy atom. The first kappa shape index (κ1) is 18.2. The minimum Gasteiger partial charge on any atom is -0.329 e. The Kier molecular flexibility index (Phi) is 5.38. The molecule has 6 heteroatoms. The fourth-order valence-corrected chi connectivity index (χ4v) is 3.76. The predicted octanol–water partition coefficient (Wildman–Crippen LogP) is 2.87. The fraction of sp³-hybridized carbons (Fsp3) is 0.647. The molecule has 23 heavy (non-hydrogen) atoms. The minimum atomic E-state index is -4.20. The normalized spacial score (nSPS) is 29.0. The lowest BCUT2D eigenvalue weighted by Gasteiger charge is -2.50. The number of nitrogens with zero attached hydrogens (tertiary/aromatic N) is 1. The van der Waals surface area contributed by atoms with E-state index in [0.717, 1.165) is 12.8 Å². The molecular formula is C17H26F3N3. The van der Waals surface area contributed by atoms with E-state index in [1.54, 1.807) is 0 Å². The molecule has 0 atom stereocenters. The summed E-state index contributed by atoms with van der Waals surface area (Å²) >= 11 is 0. The molecule has 3 nitrogen and oxygen atoms in total. The highest BCUT2D eigenvalue weighted by atomic mass is 19.4. The molecule has 0 spiro atoms. The van der Waals surface area contributed by atoms with Crippen LogP contribution in [0.15, 0.2) is 30.3 Å². The third-order valence-corrected chi connectivity index (χ3v) is 5.45. The second-order valence-corrected chi connectivity index (χ2v) is 6.60. The first-order valence-corrected chi connectivity index (χ1v) is 7.99. The van der Waals surface area contributed by atoms with E-state index in [0.29, 0.717) is 12.8 Å². The van der Waals surface area contributed by atoms with Crippen molar-refractivity contribution >= 4 is 0 Å². The Bertz CT molecular complexity index is 494. The standard InChI is InChI=1S/C17H26F3N3/c1-22-16(14-6-4-3-5-7-14)10-8-15(12-21,9-11-16)23(2)13-17(18,19)20/h3-7,22H,8-13,21H2,1-2H3. The zero-order valence-corrected chi connectivity index (χ0v) is 13.8. The van der Waals surface area contributed by atoms with Crippen LogP contribution in [-0.4, -0.2) is 43.8 Å². The van der Waals surface area contributed by atoms with Crippen molar-refractivity contribution < 1.29 is 13.2 Å². The highest BCUT2D eigenvalue weighted by Crippen LogP contribution is 2.43. The van der Waals surface area contributed by atoms with Crippen LogP contribution in [0.25, 0.3) is 0 Å². The van der Waals surface area contributed by atoms with Crippen LogP contribution in [0, 0.1) is 0 Å². The zero-order valence-electron chi connectivity index (χ0n) is 13.8. The highest BCUT2D eigenvalue weighted by Gasteiger charge is 2.46. The maximum absolute atomic E-state index is 12.8. The molecule has 0 aromatic heterocycles. The highest BCUT2D eigenvalue weighted by molar-refractivity contribution is 5.26. The quantitative estimate of drug-likeness (QED) is 0.873. The lowest BCUT2D eigenvalue weighted by atomic mass is 9.68. The van der Waals surface area contributed by atoms with Crippen LogP contribution in [0.2, 0.25) is 0 Å². The number of hydrogen-bond donors (Lipinski definition) is 2. The number of nitrogens with two attached hydrogens (primary N) is 1. The molecule has 0 radical (unpaired) electrons. The molecule has 0 amide bonds. The molecule has 1 fully saturated rings. The summed E-state index contributed by atoms with van der Waals surface area (Å²) in [6.45, 7) is -0.670. The van der Waals surface area contributed by atoms with E-state index in [9.17, 15) is 13.2 Å². The first-order valence-electron chi connectivity index (χ1n) is 7.99. The van der Waals surface area contributed by atoms with Gasteiger partial charge in [0.1, 0.15) is 0 Å². The summed E-state index contributed by atoms with van der Waals surface area (Å²) in [7, 11) is 3.46. The van der Waals surface area contributed by atoms with E-state index in [4.69, 9.17) is 5.73 Å². The number of nitrogens with one attached hydrogen (secondary N) is 1. The van der Waals surface area contributed by atoms with Gasteiger partial charge in [0.05, 0.1) is 6.54 Å². The van der Waals surface area contributed by atoms with Crippen molar-refractivity contribution in [2.24, 2.45) is 5.73 Å². The maximum Gasteiger partial charge on any atom is 0.401 e.